The van der Waals surface area contributed by atoms with Crippen molar-refractivity contribution in [2.75, 3.05) is 25.0 Å². The zero-order valence-corrected chi connectivity index (χ0v) is 20.8. The number of piperidine rings is 1. The maximum absolute atomic E-state index is 13.7. The molecule has 0 aliphatic carbocycles. The highest BCUT2D eigenvalue weighted by Gasteiger charge is 2.28. The van der Waals surface area contributed by atoms with E-state index < -0.39 is 5.97 Å². The summed E-state index contributed by atoms with van der Waals surface area (Å²) in [5.74, 6) is -0.244. The van der Waals surface area contributed by atoms with Crippen LogP contribution < -0.4 is 5.32 Å². The Labute approximate surface area is 214 Å². The Balaban J connectivity index is 1.46. The summed E-state index contributed by atoms with van der Waals surface area (Å²) >= 11 is 0. The van der Waals surface area contributed by atoms with Crippen LogP contribution in [0.2, 0.25) is 0 Å². The van der Waals surface area contributed by atoms with E-state index in [1.165, 1.54) is 29.0 Å². The van der Waals surface area contributed by atoms with Crippen LogP contribution in [-0.2, 0) is 4.74 Å². The van der Waals surface area contributed by atoms with E-state index in [4.69, 9.17) is 4.74 Å². The van der Waals surface area contributed by atoms with Crippen LogP contribution in [0.3, 0.4) is 0 Å². The number of aryl methyl sites for hydroxylation is 1. The molecular formula is C28H28FN5O3. The lowest BCUT2D eigenvalue weighted by Crippen LogP contribution is -2.38. The predicted molar refractivity (Wildman–Crippen MR) is 138 cm³/mol. The monoisotopic (exact) mass is 501 g/mol. The first-order valence-corrected chi connectivity index (χ1v) is 12.4. The lowest BCUT2D eigenvalue weighted by Gasteiger charge is -2.32. The molecule has 1 amide bonds. The number of ether oxygens (including phenoxy) is 1. The molecule has 5 rings (SSSR count). The Morgan fingerprint density at radius 1 is 1.08 bits per heavy atom. The molecule has 1 fully saturated rings. The number of carbonyl (C=O) groups is 2. The standard InChI is InChI=1S/C28H28FN5O3/c1-3-37-28(36)24-17-31-34-25(24)30-16-23(26(34)32-22-6-4-5-18(2)15-22)27(35)33-13-11-20(12-14-33)19-7-9-21(29)10-8-19/h4-10,15-17,20,32H,3,11-14H2,1-2H3. The highest BCUT2D eigenvalue weighted by molar-refractivity contribution is 6.01. The molecule has 0 spiro atoms. The largest absolute Gasteiger partial charge is 0.462 e. The van der Waals surface area contributed by atoms with Crippen molar-refractivity contribution in [3.8, 4) is 0 Å². The van der Waals surface area contributed by atoms with Gasteiger partial charge in [0.05, 0.1) is 12.8 Å². The number of rotatable bonds is 6. The van der Waals surface area contributed by atoms with E-state index in [-0.39, 0.29) is 29.8 Å². The maximum atomic E-state index is 13.7. The molecule has 4 aromatic rings. The van der Waals surface area contributed by atoms with E-state index in [9.17, 15) is 14.0 Å². The predicted octanol–water partition coefficient (Wildman–Crippen LogP) is 5.12. The first kappa shape index (κ1) is 24.4. The number of halogens is 1. The van der Waals surface area contributed by atoms with Gasteiger partial charge in [0.1, 0.15) is 22.8 Å². The number of likely N-dealkylation sites (tertiary alicyclic amines) is 1. The Bertz CT molecular complexity index is 1440. The second-order valence-corrected chi connectivity index (χ2v) is 9.15. The van der Waals surface area contributed by atoms with Gasteiger partial charge < -0.3 is 15.0 Å². The number of anilines is 2. The van der Waals surface area contributed by atoms with Gasteiger partial charge in [-0.1, -0.05) is 24.3 Å². The number of benzene rings is 2. The highest BCUT2D eigenvalue weighted by atomic mass is 19.1. The first-order valence-electron chi connectivity index (χ1n) is 12.4. The van der Waals surface area contributed by atoms with Gasteiger partial charge in [-0.15, -0.1) is 0 Å². The quantitative estimate of drug-likeness (QED) is 0.369. The van der Waals surface area contributed by atoms with E-state index >= 15 is 0 Å². The average Bonchev–Trinajstić information content (AvgIpc) is 3.34. The van der Waals surface area contributed by atoms with Gasteiger partial charge in [-0.3, -0.25) is 4.79 Å². The second-order valence-electron chi connectivity index (χ2n) is 9.15. The summed E-state index contributed by atoms with van der Waals surface area (Å²) in [5.41, 5.74) is 3.81. The van der Waals surface area contributed by atoms with Crippen LogP contribution in [0.25, 0.3) is 5.65 Å². The molecule has 0 saturated carbocycles. The fourth-order valence-corrected chi connectivity index (χ4v) is 4.74. The summed E-state index contributed by atoms with van der Waals surface area (Å²) in [6, 6.07) is 14.4. The minimum absolute atomic E-state index is 0.171. The van der Waals surface area contributed by atoms with Crippen LogP contribution in [0.15, 0.2) is 60.9 Å². The molecule has 8 nitrogen and oxygen atoms in total. The van der Waals surface area contributed by atoms with Crippen molar-refractivity contribution in [2.45, 2.75) is 32.6 Å². The first-order chi connectivity index (χ1) is 17.9. The number of carbonyl (C=O) groups excluding carboxylic acids is 2. The van der Waals surface area contributed by atoms with Crippen LogP contribution in [-0.4, -0.2) is 51.1 Å². The zero-order chi connectivity index (χ0) is 25.9. The summed E-state index contributed by atoms with van der Waals surface area (Å²) < 4.78 is 19.9. The Kier molecular flexibility index (Phi) is 6.85. The van der Waals surface area contributed by atoms with Gasteiger partial charge >= 0.3 is 5.97 Å². The number of hydrogen-bond donors (Lipinski definition) is 1. The molecule has 1 aliphatic heterocycles. The number of fused-ring (bicyclic) bond motifs is 1. The summed E-state index contributed by atoms with van der Waals surface area (Å²) in [6.07, 6.45) is 4.46. The number of esters is 1. The Morgan fingerprint density at radius 2 is 1.84 bits per heavy atom. The summed E-state index contributed by atoms with van der Waals surface area (Å²) in [7, 11) is 0. The SMILES string of the molecule is CCOC(=O)c1cnn2c(Nc3cccc(C)c3)c(C(=O)N3CCC(c4ccc(F)cc4)CC3)cnc12. The smallest absolute Gasteiger partial charge is 0.343 e. The fraction of sp³-hybridized carbons (Fsp3) is 0.286. The van der Waals surface area contributed by atoms with Crippen molar-refractivity contribution < 1.29 is 18.7 Å². The van der Waals surface area contributed by atoms with Gasteiger partial charge in [0.15, 0.2) is 5.65 Å². The van der Waals surface area contributed by atoms with E-state index in [1.807, 2.05) is 43.3 Å². The third-order valence-corrected chi connectivity index (χ3v) is 6.66. The molecule has 190 valence electrons. The van der Waals surface area contributed by atoms with Crippen molar-refractivity contribution in [2.24, 2.45) is 0 Å². The van der Waals surface area contributed by atoms with E-state index in [0.29, 0.717) is 30.1 Å². The molecule has 1 aliphatic rings. The molecule has 0 bridgehead atoms. The molecule has 3 heterocycles. The van der Waals surface area contributed by atoms with Gasteiger partial charge in [0.25, 0.3) is 5.91 Å². The van der Waals surface area contributed by atoms with E-state index in [0.717, 1.165) is 29.7 Å². The number of nitrogens with zero attached hydrogens (tertiary/aromatic N) is 4. The van der Waals surface area contributed by atoms with Crippen LogP contribution in [0, 0.1) is 12.7 Å². The molecule has 1 N–H and O–H groups in total. The average molecular weight is 502 g/mol. The van der Waals surface area contributed by atoms with Crippen LogP contribution >= 0.6 is 0 Å². The maximum Gasteiger partial charge on any atom is 0.343 e. The van der Waals surface area contributed by atoms with Gasteiger partial charge in [-0.25, -0.2) is 14.2 Å². The minimum Gasteiger partial charge on any atom is -0.462 e. The third kappa shape index (κ3) is 5.02. The van der Waals surface area contributed by atoms with Crippen LogP contribution in [0.5, 0.6) is 0 Å². The van der Waals surface area contributed by atoms with Gasteiger partial charge in [0.2, 0.25) is 0 Å². The fourth-order valence-electron chi connectivity index (χ4n) is 4.74. The van der Waals surface area contributed by atoms with Gasteiger partial charge in [-0.2, -0.15) is 9.61 Å². The Hall–Kier alpha value is -4.27. The van der Waals surface area contributed by atoms with Crippen molar-refractivity contribution >= 4 is 29.0 Å². The van der Waals surface area contributed by atoms with E-state index in [2.05, 4.69) is 15.4 Å². The van der Waals surface area contributed by atoms with Crippen molar-refractivity contribution in [1.82, 2.24) is 19.5 Å². The third-order valence-electron chi connectivity index (χ3n) is 6.66. The lowest BCUT2D eigenvalue weighted by molar-refractivity contribution is 0.0528. The molecule has 37 heavy (non-hydrogen) atoms. The summed E-state index contributed by atoms with van der Waals surface area (Å²) in [6.45, 7) is 5.08. The summed E-state index contributed by atoms with van der Waals surface area (Å²) in [4.78, 5) is 32.4. The molecule has 0 unspecified atom stereocenters. The number of nitrogens with one attached hydrogen (secondary N) is 1. The normalized spacial score (nSPS) is 14.1. The molecule has 9 heteroatoms. The zero-order valence-electron chi connectivity index (χ0n) is 20.8. The molecular weight excluding hydrogens is 473 g/mol. The highest BCUT2D eigenvalue weighted by Crippen LogP contribution is 2.31. The van der Waals surface area contributed by atoms with Crippen molar-refractivity contribution in [3.05, 3.63) is 89.0 Å². The number of amides is 1. The lowest BCUT2D eigenvalue weighted by atomic mass is 9.89. The molecule has 2 aromatic carbocycles. The molecule has 1 saturated heterocycles. The second kappa shape index (κ2) is 10.4. The van der Waals surface area contributed by atoms with E-state index in [1.54, 1.807) is 11.8 Å². The topological polar surface area (TPSA) is 88.8 Å². The summed E-state index contributed by atoms with van der Waals surface area (Å²) in [5, 5.41) is 7.70. The van der Waals surface area contributed by atoms with Crippen molar-refractivity contribution in [3.63, 3.8) is 0 Å². The molecule has 0 atom stereocenters. The van der Waals surface area contributed by atoms with Gasteiger partial charge in [-0.05, 0) is 68.0 Å². The van der Waals surface area contributed by atoms with Gasteiger partial charge in [0, 0.05) is 25.0 Å². The van der Waals surface area contributed by atoms with Crippen LogP contribution in [0.1, 0.15) is 57.5 Å². The van der Waals surface area contributed by atoms with Crippen molar-refractivity contribution in [1.29, 1.82) is 0 Å². The molecule has 2 aromatic heterocycles. The Morgan fingerprint density at radius 3 is 2.54 bits per heavy atom. The minimum atomic E-state index is -0.520. The molecule has 0 radical (unpaired) electrons. The number of aromatic nitrogens is 3. The number of hydrogen-bond acceptors (Lipinski definition) is 6. The van der Waals surface area contributed by atoms with Crippen LogP contribution in [0.4, 0.5) is 15.9 Å².